The largest absolute Gasteiger partial charge is 0.371 e. The average molecular weight is 312 g/mol. The molecule has 1 amide bonds. The molecular weight excluding hydrogens is 291 g/mol. The van der Waals surface area contributed by atoms with Crippen LogP contribution in [0, 0.1) is 5.82 Å². The highest BCUT2D eigenvalue weighted by Gasteiger charge is 2.17. The molecular formula is C19H21FN2O. The Kier molecular flexibility index (Phi) is 4.91. The highest BCUT2D eigenvalue weighted by Crippen LogP contribution is 2.27. The molecule has 0 aliphatic carbocycles. The first-order valence-corrected chi connectivity index (χ1v) is 8.06. The van der Waals surface area contributed by atoms with E-state index >= 15 is 0 Å². The summed E-state index contributed by atoms with van der Waals surface area (Å²) in [7, 11) is 0. The number of benzene rings is 2. The SMILES string of the molecule is O=C(Cc1ccc(F)cc1)NCCCN1CCc2ccccc21. The minimum Gasteiger partial charge on any atom is -0.371 e. The van der Waals surface area contributed by atoms with Crippen LogP contribution in [0.25, 0.3) is 0 Å². The normalized spacial score (nSPS) is 13.0. The molecule has 1 heterocycles. The minimum atomic E-state index is -0.278. The fourth-order valence-corrected chi connectivity index (χ4v) is 2.99. The van der Waals surface area contributed by atoms with Crippen molar-refractivity contribution in [1.29, 1.82) is 0 Å². The summed E-state index contributed by atoms with van der Waals surface area (Å²) in [5.74, 6) is -0.293. The zero-order valence-electron chi connectivity index (χ0n) is 13.1. The molecule has 0 saturated carbocycles. The second-order valence-electron chi connectivity index (χ2n) is 5.87. The third kappa shape index (κ3) is 4.09. The van der Waals surface area contributed by atoms with Crippen molar-refractivity contribution in [1.82, 2.24) is 5.32 Å². The van der Waals surface area contributed by atoms with E-state index in [-0.39, 0.29) is 11.7 Å². The van der Waals surface area contributed by atoms with Gasteiger partial charge in [0.2, 0.25) is 5.91 Å². The molecule has 1 aliphatic rings. The smallest absolute Gasteiger partial charge is 0.224 e. The quantitative estimate of drug-likeness (QED) is 0.832. The molecule has 2 aromatic rings. The number of rotatable bonds is 6. The molecule has 2 aromatic carbocycles. The van der Waals surface area contributed by atoms with E-state index in [1.54, 1.807) is 12.1 Å². The molecule has 0 bridgehead atoms. The average Bonchev–Trinajstić information content (AvgIpc) is 2.97. The molecule has 0 fully saturated rings. The summed E-state index contributed by atoms with van der Waals surface area (Å²) in [6.07, 6.45) is 2.32. The van der Waals surface area contributed by atoms with Gasteiger partial charge in [0.05, 0.1) is 6.42 Å². The van der Waals surface area contributed by atoms with Crippen LogP contribution in [0.2, 0.25) is 0 Å². The van der Waals surface area contributed by atoms with Crippen LogP contribution in [0.3, 0.4) is 0 Å². The van der Waals surface area contributed by atoms with Gasteiger partial charge in [-0.15, -0.1) is 0 Å². The van der Waals surface area contributed by atoms with Gasteiger partial charge in [0.25, 0.3) is 0 Å². The summed E-state index contributed by atoms with van der Waals surface area (Å²) in [6.45, 7) is 2.68. The molecule has 0 unspecified atom stereocenters. The van der Waals surface area contributed by atoms with Gasteiger partial charge in [0.1, 0.15) is 5.82 Å². The summed E-state index contributed by atoms with van der Waals surface area (Å²) < 4.78 is 12.8. The van der Waals surface area contributed by atoms with E-state index in [1.807, 2.05) is 0 Å². The number of amides is 1. The van der Waals surface area contributed by atoms with Crippen LogP contribution in [0.15, 0.2) is 48.5 Å². The van der Waals surface area contributed by atoms with Crippen LogP contribution in [-0.2, 0) is 17.6 Å². The van der Waals surface area contributed by atoms with E-state index in [2.05, 4.69) is 34.5 Å². The lowest BCUT2D eigenvalue weighted by molar-refractivity contribution is -0.120. The number of carbonyl (C=O) groups excluding carboxylic acids is 1. The first-order chi connectivity index (χ1) is 11.2. The van der Waals surface area contributed by atoms with Crippen molar-refractivity contribution >= 4 is 11.6 Å². The van der Waals surface area contributed by atoms with Gasteiger partial charge in [0.15, 0.2) is 0 Å². The Morgan fingerprint density at radius 1 is 1.13 bits per heavy atom. The standard InChI is InChI=1S/C19H21FN2O/c20-17-8-6-15(7-9-17)14-19(23)21-11-3-12-22-13-10-16-4-1-2-5-18(16)22/h1-2,4-9H,3,10-14H2,(H,21,23). The van der Waals surface area contributed by atoms with E-state index in [9.17, 15) is 9.18 Å². The van der Waals surface area contributed by atoms with Gasteiger partial charge < -0.3 is 10.2 Å². The number of hydrogen-bond acceptors (Lipinski definition) is 2. The zero-order chi connectivity index (χ0) is 16.1. The van der Waals surface area contributed by atoms with E-state index in [0.717, 1.165) is 31.5 Å². The van der Waals surface area contributed by atoms with Crippen LogP contribution in [-0.4, -0.2) is 25.5 Å². The van der Waals surface area contributed by atoms with E-state index in [0.29, 0.717) is 13.0 Å². The molecule has 0 spiro atoms. The van der Waals surface area contributed by atoms with Crippen molar-refractivity contribution in [2.24, 2.45) is 0 Å². The fraction of sp³-hybridized carbons (Fsp3) is 0.316. The van der Waals surface area contributed by atoms with E-state index in [1.165, 1.54) is 23.4 Å². The molecule has 1 aliphatic heterocycles. The summed E-state index contributed by atoms with van der Waals surface area (Å²) >= 11 is 0. The number of para-hydroxylation sites is 1. The number of nitrogens with zero attached hydrogens (tertiary/aromatic N) is 1. The Morgan fingerprint density at radius 3 is 2.74 bits per heavy atom. The van der Waals surface area contributed by atoms with Gasteiger partial charge in [0, 0.05) is 25.3 Å². The predicted molar refractivity (Wildman–Crippen MR) is 90.1 cm³/mol. The summed E-state index contributed by atoms with van der Waals surface area (Å²) in [6, 6.07) is 14.6. The lowest BCUT2D eigenvalue weighted by Crippen LogP contribution is -2.30. The molecule has 4 heteroatoms. The number of halogens is 1. The maximum absolute atomic E-state index is 12.8. The van der Waals surface area contributed by atoms with Crippen LogP contribution < -0.4 is 10.2 Å². The lowest BCUT2D eigenvalue weighted by Gasteiger charge is -2.19. The van der Waals surface area contributed by atoms with Crippen molar-refractivity contribution in [3.8, 4) is 0 Å². The summed E-state index contributed by atoms with van der Waals surface area (Å²) in [5, 5.41) is 2.93. The van der Waals surface area contributed by atoms with Gasteiger partial charge in [-0.2, -0.15) is 0 Å². The Hall–Kier alpha value is -2.36. The number of fused-ring (bicyclic) bond motifs is 1. The molecule has 0 saturated heterocycles. The third-order valence-electron chi connectivity index (χ3n) is 4.19. The topological polar surface area (TPSA) is 32.3 Å². The van der Waals surface area contributed by atoms with Crippen molar-refractivity contribution in [2.75, 3.05) is 24.5 Å². The summed E-state index contributed by atoms with van der Waals surface area (Å²) in [4.78, 5) is 14.2. The van der Waals surface area contributed by atoms with Gasteiger partial charge in [-0.1, -0.05) is 30.3 Å². The number of nitrogens with one attached hydrogen (secondary N) is 1. The van der Waals surface area contributed by atoms with Gasteiger partial charge in [-0.05, 0) is 42.2 Å². The molecule has 3 nitrogen and oxygen atoms in total. The Labute approximate surface area is 136 Å². The lowest BCUT2D eigenvalue weighted by atomic mass is 10.1. The highest BCUT2D eigenvalue weighted by molar-refractivity contribution is 5.78. The number of anilines is 1. The van der Waals surface area contributed by atoms with Crippen molar-refractivity contribution in [3.05, 3.63) is 65.5 Å². The van der Waals surface area contributed by atoms with E-state index < -0.39 is 0 Å². The predicted octanol–water partition coefficient (Wildman–Crippen LogP) is 2.94. The molecule has 120 valence electrons. The first kappa shape index (κ1) is 15.5. The maximum Gasteiger partial charge on any atom is 0.224 e. The van der Waals surface area contributed by atoms with Gasteiger partial charge in [-0.25, -0.2) is 4.39 Å². The minimum absolute atomic E-state index is 0.0153. The van der Waals surface area contributed by atoms with Gasteiger partial charge in [-0.3, -0.25) is 4.79 Å². The second kappa shape index (κ2) is 7.27. The molecule has 0 atom stereocenters. The Morgan fingerprint density at radius 2 is 1.91 bits per heavy atom. The van der Waals surface area contributed by atoms with Crippen molar-refractivity contribution in [2.45, 2.75) is 19.3 Å². The van der Waals surface area contributed by atoms with Gasteiger partial charge >= 0.3 is 0 Å². The second-order valence-corrected chi connectivity index (χ2v) is 5.87. The summed E-state index contributed by atoms with van der Waals surface area (Å²) in [5.41, 5.74) is 3.57. The molecule has 3 rings (SSSR count). The van der Waals surface area contributed by atoms with Crippen LogP contribution in [0.1, 0.15) is 17.5 Å². The molecule has 0 aromatic heterocycles. The fourth-order valence-electron chi connectivity index (χ4n) is 2.99. The number of carbonyl (C=O) groups is 1. The highest BCUT2D eigenvalue weighted by atomic mass is 19.1. The third-order valence-corrected chi connectivity index (χ3v) is 4.19. The van der Waals surface area contributed by atoms with Crippen molar-refractivity contribution in [3.63, 3.8) is 0 Å². The Bertz CT molecular complexity index is 669. The monoisotopic (exact) mass is 312 g/mol. The molecule has 0 radical (unpaired) electrons. The van der Waals surface area contributed by atoms with Crippen LogP contribution in [0.4, 0.5) is 10.1 Å². The Balaban J connectivity index is 1.39. The number of hydrogen-bond donors (Lipinski definition) is 1. The van der Waals surface area contributed by atoms with E-state index in [4.69, 9.17) is 0 Å². The zero-order valence-corrected chi connectivity index (χ0v) is 13.1. The van der Waals surface area contributed by atoms with Crippen LogP contribution in [0.5, 0.6) is 0 Å². The van der Waals surface area contributed by atoms with Crippen LogP contribution >= 0.6 is 0 Å². The molecule has 1 N–H and O–H groups in total. The maximum atomic E-state index is 12.8. The van der Waals surface area contributed by atoms with Crippen molar-refractivity contribution < 1.29 is 9.18 Å². The molecule has 23 heavy (non-hydrogen) atoms. The first-order valence-electron chi connectivity index (χ1n) is 8.06.